The molecule has 0 aliphatic heterocycles. The minimum absolute atomic E-state index is 0.679. The van der Waals surface area contributed by atoms with Crippen LogP contribution in [0.3, 0.4) is 0 Å². The average molecular weight is 320 g/mol. The van der Waals surface area contributed by atoms with Gasteiger partial charge in [-0.15, -0.1) is 0 Å². The summed E-state index contributed by atoms with van der Waals surface area (Å²) < 4.78 is 0.985. The van der Waals surface area contributed by atoms with Crippen LogP contribution in [0.25, 0.3) is 0 Å². The molecule has 100 valence electrons. The number of anilines is 2. The maximum atomic E-state index is 5.63. The first kappa shape index (κ1) is 14.0. The third-order valence-electron chi connectivity index (χ3n) is 2.92. The SMILES string of the molecule is Cc1ccc(N(CCCN)c2ccc(Br)cn2)cc1. The molecule has 2 N–H and O–H groups in total. The van der Waals surface area contributed by atoms with E-state index in [1.165, 1.54) is 5.56 Å². The zero-order chi connectivity index (χ0) is 13.7. The Morgan fingerprint density at radius 2 is 1.89 bits per heavy atom. The molecule has 2 aromatic rings. The van der Waals surface area contributed by atoms with E-state index in [1.54, 1.807) is 0 Å². The summed E-state index contributed by atoms with van der Waals surface area (Å²) in [6.07, 6.45) is 2.75. The topological polar surface area (TPSA) is 42.1 Å². The molecule has 0 spiro atoms. The summed E-state index contributed by atoms with van der Waals surface area (Å²) in [7, 11) is 0. The fourth-order valence-corrected chi connectivity index (χ4v) is 2.11. The molecule has 1 aromatic carbocycles. The normalized spacial score (nSPS) is 10.5. The number of benzene rings is 1. The first-order chi connectivity index (χ1) is 9.20. The van der Waals surface area contributed by atoms with E-state index in [0.29, 0.717) is 6.54 Å². The number of halogens is 1. The van der Waals surface area contributed by atoms with E-state index in [-0.39, 0.29) is 0 Å². The van der Waals surface area contributed by atoms with Crippen LogP contribution >= 0.6 is 15.9 Å². The van der Waals surface area contributed by atoms with E-state index in [9.17, 15) is 0 Å². The van der Waals surface area contributed by atoms with Crippen molar-refractivity contribution in [3.8, 4) is 0 Å². The Labute approximate surface area is 122 Å². The second-order valence-corrected chi connectivity index (χ2v) is 5.38. The molecule has 0 saturated heterocycles. The Bertz CT molecular complexity index is 462. The van der Waals surface area contributed by atoms with Crippen molar-refractivity contribution < 1.29 is 0 Å². The van der Waals surface area contributed by atoms with Crippen LogP contribution in [0, 0.1) is 6.92 Å². The number of pyridine rings is 1. The van der Waals surface area contributed by atoms with Gasteiger partial charge in [0.2, 0.25) is 0 Å². The number of nitrogens with zero attached hydrogens (tertiary/aromatic N) is 2. The number of hydrogen-bond donors (Lipinski definition) is 1. The second kappa shape index (κ2) is 6.68. The monoisotopic (exact) mass is 319 g/mol. The van der Waals surface area contributed by atoms with E-state index < -0.39 is 0 Å². The van der Waals surface area contributed by atoms with Gasteiger partial charge in [0.05, 0.1) is 0 Å². The lowest BCUT2D eigenvalue weighted by atomic mass is 10.2. The fourth-order valence-electron chi connectivity index (χ4n) is 1.88. The predicted octanol–water partition coefficient (Wildman–Crippen LogP) is 3.64. The highest BCUT2D eigenvalue weighted by atomic mass is 79.9. The lowest BCUT2D eigenvalue weighted by Crippen LogP contribution is -2.21. The molecule has 0 fully saturated rings. The standard InChI is InChI=1S/C15H18BrN3/c1-12-3-6-14(7-4-12)19(10-2-9-17)15-8-5-13(16)11-18-15/h3-8,11H,2,9-10,17H2,1H3. The first-order valence-electron chi connectivity index (χ1n) is 6.36. The maximum absolute atomic E-state index is 5.63. The van der Waals surface area contributed by atoms with Gasteiger partial charge in [-0.05, 0) is 60.1 Å². The van der Waals surface area contributed by atoms with Gasteiger partial charge < -0.3 is 10.6 Å². The van der Waals surface area contributed by atoms with Crippen molar-refractivity contribution >= 4 is 27.4 Å². The number of aromatic nitrogens is 1. The van der Waals surface area contributed by atoms with Crippen LogP contribution in [-0.2, 0) is 0 Å². The third kappa shape index (κ3) is 3.78. The second-order valence-electron chi connectivity index (χ2n) is 4.46. The van der Waals surface area contributed by atoms with Crippen LogP contribution in [0.4, 0.5) is 11.5 Å². The van der Waals surface area contributed by atoms with Gasteiger partial charge in [-0.3, -0.25) is 0 Å². The Hall–Kier alpha value is -1.39. The molecular weight excluding hydrogens is 302 g/mol. The van der Waals surface area contributed by atoms with Crippen LogP contribution in [0.15, 0.2) is 47.1 Å². The zero-order valence-electron chi connectivity index (χ0n) is 11.0. The molecule has 0 aliphatic carbocycles. The molecule has 0 aliphatic rings. The van der Waals surface area contributed by atoms with Gasteiger partial charge in [0.15, 0.2) is 0 Å². The average Bonchev–Trinajstić information content (AvgIpc) is 2.43. The van der Waals surface area contributed by atoms with Crippen LogP contribution in [0.2, 0.25) is 0 Å². The Kier molecular flexibility index (Phi) is 4.93. The number of aryl methyl sites for hydroxylation is 1. The van der Waals surface area contributed by atoms with Crippen molar-refractivity contribution in [2.45, 2.75) is 13.3 Å². The Morgan fingerprint density at radius 3 is 2.47 bits per heavy atom. The molecule has 0 saturated carbocycles. The molecule has 0 bridgehead atoms. The lowest BCUT2D eigenvalue weighted by Gasteiger charge is -2.24. The van der Waals surface area contributed by atoms with Gasteiger partial charge in [0.25, 0.3) is 0 Å². The quantitative estimate of drug-likeness (QED) is 0.914. The summed E-state index contributed by atoms with van der Waals surface area (Å²) in [5, 5.41) is 0. The minimum atomic E-state index is 0.679. The zero-order valence-corrected chi connectivity index (χ0v) is 12.6. The van der Waals surface area contributed by atoms with E-state index in [4.69, 9.17) is 5.73 Å². The molecule has 4 heteroatoms. The Morgan fingerprint density at radius 1 is 1.16 bits per heavy atom. The summed E-state index contributed by atoms with van der Waals surface area (Å²) in [6, 6.07) is 12.5. The lowest BCUT2D eigenvalue weighted by molar-refractivity contribution is 0.810. The van der Waals surface area contributed by atoms with Crippen molar-refractivity contribution in [2.24, 2.45) is 5.73 Å². The minimum Gasteiger partial charge on any atom is -0.330 e. The molecule has 0 atom stereocenters. The molecule has 0 unspecified atom stereocenters. The van der Waals surface area contributed by atoms with Gasteiger partial charge in [-0.1, -0.05) is 17.7 Å². The van der Waals surface area contributed by atoms with E-state index in [0.717, 1.165) is 28.9 Å². The maximum Gasteiger partial charge on any atom is 0.132 e. The highest BCUT2D eigenvalue weighted by Gasteiger charge is 2.09. The van der Waals surface area contributed by atoms with Crippen molar-refractivity contribution in [3.05, 3.63) is 52.6 Å². The number of hydrogen-bond acceptors (Lipinski definition) is 3. The largest absolute Gasteiger partial charge is 0.330 e. The van der Waals surface area contributed by atoms with E-state index >= 15 is 0 Å². The molecule has 19 heavy (non-hydrogen) atoms. The van der Waals surface area contributed by atoms with Crippen molar-refractivity contribution in [1.82, 2.24) is 4.98 Å². The summed E-state index contributed by atoms with van der Waals surface area (Å²) in [6.45, 7) is 3.64. The van der Waals surface area contributed by atoms with Crippen LogP contribution < -0.4 is 10.6 Å². The van der Waals surface area contributed by atoms with Crippen molar-refractivity contribution in [3.63, 3.8) is 0 Å². The van der Waals surface area contributed by atoms with Gasteiger partial charge >= 0.3 is 0 Å². The van der Waals surface area contributed by atoms with Gasteiger partial charge in [-0.25, -0.2) is 4.98 Å². The fraction of sp³-hybridized carbons (Fsp3) is 0.267. The van der Waals surface area contributed by atoms with Crippen LogP contribution in [-0.4, -0.2) is 18.1 Å². The summed E-state index contributed by atoms with van der Waals surface area (Å²) in [4.78, 5) is 6.66. The van der Waals surface area contributed by atoms with Gasteiger partial charge in [-0.2, -0.15) is 0 Å². The predicted molar refractivity (Wildman–Crippen MR) is 83.8 cm³/mol. The summed E-state index contributed by atoms with van der Waals surface area (Å²) in [5.41, 5.74) is 8.03. The molecule has 0 radical (unpaired) electrons. The first-order valence-corrected chi connectivity index (χ1v) is 7.16. The highest BCUT2D eigenvalue weighted by Crippen LogP contribution is 2.25. The number of rotatable bonds is 5. The molecule has 2 rings (SSSR count). The smallest absolute Gasteiger partial charge is 0.132 e. The van der Waals surface area contributed by atoms with E-state index in [1.807, 2.05) is 18.3 Å². The molecule has 0 amide bonds. The third-order valence-corrected chi connectivity index (χ3v) is 3.39. The van der Waals surface area contributed by atoms with E-state index in [2.05, 4.69) is 57.0 Å². The van der Waals surface area contributed by atoms with Crippen LogP contribution in [0.1, 0.15) is 12.0 Å². The van der Waals surface area contributed by atoms with Crippen molar-refractivity contribution in [1.29, 1.82) is 0 Å². The molecule has 3 nitrogen and oxygen atoms in total. The van der Waals surface area contributed by atoms with Gasteiger partial charge in [0, 0.05) is 22.9 Å². The van der Waals surface area contributed by atoms with Gasteiger partial charge in [0.1, 0.15) is 5.82 Å². The molecular formula is C15H18BrN3. The van der Waals surface area contributed by atoms with Crippen molar-refractivity contribution in [2.75, 3.05) is 18.0 Å². The summed E-state index contributed by atoms with van der Waals surface area (Å²) >= 11 is 3.41. The highest BCUT2D eigenvalue weighted by molar-refractivity contribution is 9.10. The molecule has 1 aromatic heterocycles. The summed E-state index contributed by atoms with van der Waals surface area (Å²) in [5.74, 6) is 0.945. The number of nitrogens with two attached hydrogens (primary N) is 1. The Balaban J connectivity index is 2.29. The van der Waals surface area contributed by atoms with Crippen LogP contribution in [0.5, 0.6) is 0 Å². The molecule has 1 heterocycles.